The van der Waals surface area contributed by atoms with Gasteiger partial charge in [-0.2, -0.15) is 5.10 Å². The summed E-state index contributed by atoms with van der Waals surface area (Å²) in [4.78, 5) is 0. The molecule has 0 unspecified atom stereocenters. The Labute approximate surface area is 106 Å². The summed E-state index contributed by atoms with van der Waals surface area (Å²) in [7, 11) is 0. The van der Waals surface area contributed by atoms with Crippen LogP contribution < -0.4 is 5.73 Å². The lowest BCUT2D eigenvalue weighted by Crippen LogP contribution is -2.05. The SMILES string of the molecule is Cc1cc(-c2cnn(CCCN)c2)ccc1Cl. The second-order valence-electron chi connectivity index (χ2n) is 4.10. The number of nitrogens with zero attached hydrogens (tertiary/aromatic N) is 2. The van der Waals surface area contributed by atoms with Gasteiger partial charge in [-0.3, -0.25) is 4.68 Å². The Bertz CT molecular complexity index is 505. The van der Waals surface area contributed by atoms with E-state index in [4.69, 9.17) is 17.3 Å². The van der Waals surface area contributed by atoms with Gasteiger partial charge in [0.2, 0.25) is 0 Å². The molecule has 0 radical (unpaired) electrons. The molecule has 90 valence electrons. The van der Waals surface area contributed by atoms with Crippen LogP contribution in [0.15, 0.2) is 30.6 Å². The predicted octanol–water partition coefficient (Wildman–Crippen LogP) is 2.86. The van der Waals surface area contributed by atoms with Crippen LogP contribution in [-0.4, -0.2) is 16.3 Å². The van der Waals surface area contributed by atoms with E-state index in [2.05, 4.69) is 11.2 Å². The minimum Gasteiger partial charge on any atom is -0.330 e. The molecule has 1 heterocycles. The highest BCUT2D eigenvalue weighted by atomic mass is 35.5. The Kier molecular flexibility index (Phi) is 3.82. The van der Waals surface area contributed by atoms with Crippen LogP contribution in [0.1, 0.15) is 12.0 Å². The van der Waals surface area contributed by atoms with Crippen molar-refractivity contribution in [2.45, 2.75) is 19.9 Å². The normalized spacial score (nSPS) is 10.8. The van der Waals surface area contributed by atoms with Crippen LogP contribution in [0.25, 0.3) is 11.1 Å². The smallest absolute Gasteiger partial charge is 0.0568 e. The molecule has 0 aliphatic rings. The maximum Gasteiger partial charge on any atom is 0.0568 e. The third-order valence-electron chi connectivity index (χ3n) is 2.72. The van der Waals surface area contributed by atoms with Crippen molar-refractivity contribution in [3.05, 3.63) is 41.2 Å². The van der Waals surface area contributed by atoms with Gasteiger partial charge in [-0.15, -0.1) is 0 Å². The Morgan fingerprint density at radius 1 is 1.35 bits per heavy atom. The Morgan fingerprint density at radius 2 is 2.18 bits per heavy atom. The van der Waals surface area contributed by atoms with Gasteiger partial charge in [-0.25, -0.2) is 0 Å². The number of hydrogen-bond donors (Lipinski definition) is 1. The van der Waals surface area contributed by atoms with Gasteiger partial charge in [-0.05, 0) is 43.1 Å². The number of rotatable bonds is 4. The van der Waals surface area contributed by atoms with E-state index in [0.717, 1.165) is 34.7 Å². The molecule has 2 rings (SSSR count). The summed E-state index contributed by atoms with van der Waals surface area (Å²) in [6.45, 7) is 3.56. The second-order valence-corrected chi connectivity index (χ2v) is 4.51. The van der Waals surface area contributed by atoms with Crippen molar-refractivity contribution in [3.63, 3.8) is 0 Å². The van der Waals surface area contributed by atoms with Gasteiger partial charge < -0.3 is 5.73 Å². The first-order chi connectivity index (χ1) is 8.20. The van der Waals surface area contributed by atoms with E-state index in [1.165, 1.54) is 0 Å². The van der Waals surface area contributed by atoms with E-state index < -0.39 is 0 Å². The van der Waals surface area contributed by atoms with Crippen molar-refractivity contribution in [2.75, 3.05) is 6.54 Å². The average Bonchev–Trinajstić information content (AvgIpc) is 2.79. The summed E-state index contributed by atoms with van der Waals surface area (Å²) >= 11 is 6.01. The molecule has 3 nitrogen and oxygen atoms in total. The topological polar surface area (TPSA) is 43.8 Å². The molecule has 1 aromatic heterocycles. The van der Waals surface area contributed by atoms with E-state index in [0.29, 0.717) is 6.54 Å². The van der Waals surface area contributed by atoms with Gasteiger partial charge in [0.25, 0.3) is 0 Å². The molecule has 17 heavy (non-hydrogen) atoms. The highest BCUT2D eigenvalue weighted by Crippen LogP contribution is 2.24. The molecule has 0 saturated heterocycles. The molecule has 0 aliphatic heterocycles. The maximum absolute atomic E-state index is 6.01. The number of aromatic nitrogens is 2. The minimum atomic E-state index is 0.690. The quantitative estimate of drug-likeness (QED) is 0.906. The van der Waals surface area contributed by atoms with Crippen LogP contribution in [0.3, 0.4) is 0 Å². The lowest BCUT2D eigenvalue weighted by Gasteiger charge is -2.01. The number of halogens is 1. The summed E-state index contributed by atoms with van der Waals surface area (Å²) in [5.41, 5.74) is 8.81. The van der Waals surface area contributed by atoms with E-state index in [9.17, 15) is 0 Å². The van der Waals surface area contributed by atoms with E-state index in [-0.39, 0.29) is 0 Å². The van der Waals surface area contributed by atoms with Gasteiger partial charge in [0.1, 0.15) is 0 Å². The van der Waals surface area contributed by atoms with Crippen molar-refractivity contribution in [3.8, 4) is 11.1 Å². The zero-order valence-electron chi connectivity index (χ0n) is 9.86. The molecule has 0 fully saturated rings. The molecule has 0 spiro atoms. The largest absolute Gasteiger partial charge is 0.330 e. The zero-order chi connectivity index (χ0) is 12.3. The van der Waals surface area contributed by atoms with Crippen LogP contribution in [0.2, 0.25) is 5.02 Å². The fourth-order valence-electron chi connectivity index (χ4n) is 1.71. The van der Waals surface area contributed by atoms with Crippen molar-refractivity contribution in [1.29, 1.82) is 0 Å². The molecule has 0 amide bonds. The van der Waals surface area contributed by atoms with E-state index >= 15 is 0 Å². The number of benzene rings is 1. The lowest BCUT2D eigenvalue weighted by atomic mass is 10.1. The summed E-state index contributed by atoms with van der Waals surface area (Å²) in [5.74, 6) is 0. The number of aryl methyl sites for hydroxylation is 2. The van der Waals surface area contributed by atoms with Crippen LogP contribution in [0, 0.1) is 6.92 Å². The fraction of sp³-hybridized carbons (Fsp3) is 0.308. The van der Waals surface area contributed by atoms with Crippen LogP contribution in [0.5, 0.6) is 0 Å². The standard InChI is InChI=1S/C13H16ClN3/c1-10-7-11(3-4-13(10)14)12-8-16-17(9-12)6-2-5-15/h3-4,7-9H,2,5-6,15H2,1H3. The maximum atomic E-state index is 6.01. The summed E-state index contributed by atoms with van der Waals surface area (Å²) < 4.78 is 1.92. The highest BCUT2D eigenvalue weighted by molar-refractivity contribution is 6.31. The molecule has 2 aromatic rings. The summed E-state index contributed by atoms with van der Waals surface area (Å²) in [6.07, 6.45) is 4.86. The molecule has 0 atom stereocenters. The van der Waals surface area contributed by atoms with Crippen molar-refractivity contribution in [1.82, 2.24) is 9.78 Å². The number of nitrogens with two attached hydrogens (primary N) is 1. The highest BCUT2D eigenvalue weighted by Gasteiger charge is 2.03. The Hall–Kier alpha value is -1.32. The zero-order valence-corrected chi connectivity index (χ0v) is 10.6. The van der Waals surface area contributed by atoms with E-state index in [1.807, 2.05) is 36.1 Å². The Morgan fingerprint density at radius 3 is 2.88 bits per heavy atom. The van der Waals surface area contributed by atoms with E-state index in [1.54, 1.807) is 0 Å². The van der Waals surface area contributed by atoms with Gasteiger partial charge in [0.05, 0.1) is 6.20 Å². The molecular formula is C13H16ClN3. The Balaban J connectivity index is 2.21. The fourth-order valence-corrected chi connectivity index (χ4v) is 1.83. The molecule has 4 heteroatoms. The van der Waals surface area contributed by atoms with Crippen molar-refractivity contribution < 1.29 is 0 Å². The monoisotopic (exact) mass is 249 g/mol. The van der Waals surface area contributed by atoms with Gasteiger partial charge in [0.15, 0.2) is 0 Å². The van der Waals surface area contributed by atoms with Crippen molar-refractivity contribution >= 4 is 11.6 Å². The average molecular weight is 250 g/mol. The molecule has 1 aromatic carbocycles. The third kappa shape index (κ3) is 2.87. The third-order valence-corrected chi connectivity index (χ3v) is 3.14. The molecule has 0 saturated carbocycles. The minimum absolute atomic E-state index is 0.690. The molecular weight excluding hydrogens is 234 g/mol. The van der Waals surface area contributed by atoms with Crippen molar-refractivity contribution in [2.24, 2.45) is 5.73 Å². The van der Waals surface area contributed by atoms with Crippen LogP contribution >= 0.6 is 11.6 Å². The second kappa shape index (κ2) is 5.34. The first-order valence-corrected chi connectivity index (χ1v) is 6.07. The lowest BCUT2D eigenvalue weighted by molar-refractivity contribution is 0.585. The predicted molar refractivity (Wildman–Crippen MR) is 71.1 cm³/mol. The summed E-state index contributed by atoms with van der Waals surface area (Å²) in [5, 5.41) is 5.11. The number of hydrogen-bond acceptors (Lipinski definition) is 2. The first kappa shape index (κ1) is 12.1. The van der Waals surface area contributed by atoms with Gasteiger partial charge in [-0.1, -0.05) is 17.7 Å². The molecule has 2 N–H and O–H groups in total. The van der Waals surface area contributed by atoms with Crippen LogP contribution in [0.4, 0.5) is 0 Å². The van der Waals surface area contributed by atoms with Gasteiger partial charge >= 0.3 is 0 Å². The van der Waals surface area contributed by atoms with Crippen LogP contribution in [-0.2, 0) is 6.54 Å². The van der Waals surface area contributed by atoms with Gasteiger partial charge in [0, 0.05) is 23.3 Å². The molecule has 0 bridgehead atoms. The molecule has 0 aliphatic carbocycles. The summed E-state index contributed by atoms with van der Waals surface area (Å²) in [6, 6.07) is 6.01. The first-order valence-electron chi connectivity index (χ1n) is 5.70.